The number of hydrogen-bond acceptors (Lipinski definition) is 3. The minimum absolute atomic E-state index is 0. The van der Waals surface area contributed by atoms with Crippen molar-refractivity contribution in [3.8, 4) is 0 Å². The molecule has 0 atom stereocenters. The molecule has 2 N–H and O–H groups in total. The lowest BCUT2D eigenvalue weighted by atomic mass is 10.2. The van der Waals surface area contributed by atoms with Crippen LogP contribution < -0.4 is 10.6 Å². The van der Waals surface area contributed by atoms with Gasteiger partial charge in [0.25, 0.3) is 0 Å². The molecule has 0 saturated heterocycles. The van der Waals surface area contributed by atoms with Crippen molar-refractivity contribution in [3.63, 3.8) is 0 Å². The van der Waals surface area contributed by atoms with E-state index in [-0.39, 0.29) is 24.0 Å². The number of hydrogen-bond donors (Lipinski definition) is 2. The van der Waals surface area contributed by atoms with Gasteiger partial charge in [-0.15, -0.1) is 24.0 Å². The molecule has 6 nitrogen and oxygen atoms in total. The van der Waals surface area contributed by atoms with Crippen LogP contribution in [0.3, 0.4) is 0 Å². The Labute approximate surface area is 156 Å². The molecule has 0 aliphatic carbocycles. The zero-order valence-electron chi connectivity index (χ0n) is 14.3. The number of halogens is 1. The lowest BCUT2D eigenvalue weighted by Crippen LogP contribution is -2.38. The van der Waals surface area contributed by atoms with Gasteiger partial charge in [0.2, 0.25) is 10.0 Å². The van der Waals surface area contributed by atoms with E-state index in [1.807, 2.05) is 0 Å². The highest BCUT2D eigenvalue weighted by molar-refractivity contribution is 14.0. The smallest absolute Gasteiger partial charge is 0.242 e. The summed E-state index contributed by atoms with van der Waals surface area (Å²) in [6.07, 6.45) is 0. The summed E-state index contributed by atoms with van der Waals surface area (Å²) in [5.41, 5.74) is 0.991. The molecule has 0 amide bonds. The van der Waals surface area contributed by atoms with Crippen LogP contribution in [0.4, 0.5) is 0 Å². The molecule has 1 aromatic rings. The Morgan fingerprint density at radius 2 is 1.74 bits per heavy atom. The zero-order valence-corrected chi connectivity index (χ0v) is 17.5. The Hall–Kier alpha value is -0.870. The van der Waals surface area contributed by atoms with E-state index < -0.39 is 10.0 Å². The van der Waals surface area contributed by atoms with Crippen LogP contribution in [0.1, 0.15) is 19.4 Å². The summed E-state index contributed by atoms with van der Waals surface area (Å²) in [6, 6.07) is 6.85. The predicted molar refractivity (Wildman–Crippen MR) is 106 cm³/mol. The van der Waals surface area contributed by atoms with Crippen molar-refractivity contribution >= 4 is 40.0 Å². The molecule has 132 valence electrons. The number of aliphatic imine (C=N–C) groups is 1. The lowest BCUT2D eigenvalue weighted by molar-refractivity contribution is 0.520. The molecular weight excluding hydrogens is 427 g/mol. The van der Waals surface area contributed by atoms with E-state index in [1.165, 1.54) is 18.4 Å². The second kappa shape index (κ2) is 10.1. The largest absolute Gasteiger partial charge is 0.356 e. The maximum atomic E-state index is 12.0. The van der Waals surface area contributed by atoms with Gasteiger partial charge in [-0.2, -0.15) is 0 Å². The van der Waals surface area contributed by atoms with Crippen molar-refractivity contribution in [3.05, 3.63) is 29.8 Å². The molecule has 0 aliphatic heterocycles. The van der Waals surface area contributed by atoms with E-state index >= 15 is 0 Å². The molecule has 0 unspecified atom stereocenters. The summed E-state index contributed by atoms with van der Waals surface area (Å²) < 4.78 is 25.2. The Morgan fingerprint density at radius 1 is 1.17 bits per heavy atom. The molecule has 1 aromatic carbocycles. The fraction of sp³-hybridized carbons (Fsp3) is 0.533. The van der Waals surface area contributed by atoms with Crippen molar-refractivity contribution in [1.29, 1.82) is 0 Å². The van der Waals surface area contributed by atoms with Gasteiger partial charge in [0, 0.05) is 34.2 Å². The maximum Gasteiger partial charge on any atom is 0.242 e. The topological polar surface area (TPSA) is 73.8 Å². The second-order valence-electron chi connectivity index (χ2n) is 5.63. The van der Waals surface area contributed by atoms with Crippen LogP contribution in [0, 0.1) is 5.92 Å². The summed E-state index contributed by atoms with van der Waals surface area (Å²) in [5, 5.41) is 6.43. The molecule has 8 heteroatoms. The van der Waals surface area contributed by atoms with Crippen molar-refractivity contribution in [1.82, 2.24) is 14.9 Å². The van der Waals surface area contributed by atoms with Crippen LogP contribution in [-0.2, 0) is 16.6 Å². The summed E-state index contributed by atoms with van der Waals surface area (Å²) in [6.45, 7) is 5.69. The van der Waals surface area contributed by atoms with Crippen molar-refractivity contribution in [2.75, 3.05) is 27.7 Å². The molecule has 0 saturated carbocycles. The second-order valence-corrected chi connectivity index (χ2v) is 7.78. The number of nitrogens with zero attached hydrogens (tertiary/aromatic N) is 2. The number of nitrogens with one attached hydrogen (secondary N) is 2. The average Bonchev–Trinajstić information content (AvgIpc) is 2.47. The normalized spacial score (nSPS) is 12.2. The molecule has 0 radical (unpaired) electrons. The van der Waals surface area contributed by atoms with Gasteiger partial charge in [-0.25, -0.2) is 12.7 Å². The summed E-state index contributed by atoms with van der Waals surface area (Å²) >= 11 is 0. The third kappa shape index (κ3) is 7.05. The van der Waals surface area contributed by atoms with Crippen LogP contribution in [0.2, 0.25) is 0 Å². The minimum atomic E-state index is -3.37. The molecule has 23 heavy (non-hydrogen) atoms. The van der Waals surface area contributed by atoms with Gasteiger partial charge >= 0.3 is 0 Å². The Balaban J connectivity index is 0.00000484. The van der Waals surface area contributed by atoms with Gasteiger partial charge in [-0.1, -0.05) is 26.0 Å². The SMILES string of the molecule is CN=C(NCc1ccc(S(=O)(=O)N(C)C)cc1)NCC(C)C.I. The van der Waals surface area contributed by atoms with E-state index in [9.17, 15) is 8.42 Å². The molecule has 0 aromatic heterocycles. The Bertz CT molecular complexity index is 598. The summed E-state index contributed by atoms with van der Waals surface area (Å²) in [4.78, 5) is 4.44. The molecule has 0 heterocycles. The van der Waals surface area contributed by atoms with Gasteiger partial charge in [0.05, 0.1) is 4.90 Å². The van der Waals surface area contributed by atoms with Crippen LogP contribution in [0.25, 0.3) is 0 Å². The first-order chi connectivity index (χ1) is 10.3. The highest BCUT2D eigenvalue weighted by Gasteiger charge is 2.16. The number of rotatable bonds is 6. The summed E-state index contributed by atoms with van der Waals surface area (Å²) in [5.74, 6) is 1.27. The van der Waals surface area contributed by atoms with Crippen molar-refractivity contribution < 1.29 is 8.42 Å². The van der Waals surface area contributed by atoms with Crippen molar-refractivity contribution in [2.45, 2.75) is 25.3 Å². The van der Waals surface area contributed by atoms with E-state index in [1.54, 1.807) is 31.3 Å². The fourth-order valence-corrected chi connectivity index (χ4v) is 2.60. The summed E-state index contributed by atoms with van der Waals surface area (Å²) in [7, 11) is 1.40. The van der Waals surface area contributed by atoms with Crippen LogP contribution in [-0.4, -0.2) is 46.4 Å². The van der Waals surface area contributed by atoms with Gasteiger partial charge < -0.3 is 10.6 Å². The first-order valence-electron chi connectivity index (χ1n) is 7.23. The number of sulfonamides is 1. The predicted octanol–water partition coefficient (Wildman–Crippen LogP) is 1.88. The molecule has 0 bridgehead atoms. The van der Waals surface area contributed by atoms with Crippen LogP contribution in [0.5, 0.6) is 0 Å². The average molecular weight is 454 g/mol. The van der Waals surface area contributed by atoms with E-state index in [2.05, 4.69) is 29.5 Å². The van der Waals surface area contributed by atoms with E-state index in [0.717, 1.165) is 18.1 Å². The molecule has 1 rings (SSSR count). The maximum absolute atomic E-state index is 12.0. The van der Waals surface area contributed by atoms with Crippen LogP contribution in [0.15, 0.2) is 34.2 Å². The zero-order chi connectivity index (χ0) is 16.8. The van der Waals surface area contributed by atoms with Gasteiger partial charge in [-0.3, -0.25) is 4.99 Å². The van der Waals surface area contributed by atoms with Crippen LogP contribution >= 0.6 is 24.0 Å². The van der Waals surface area contributed by atoms with Crippen molar-refractivity contribution in [2.24, 2.45) is 10.9 Å². The standard InChI is InChI=1S/C15H26N4O2S.HI/c1-12(2)10-17-15(16-3)18-11-13-6-8-14(9-7-13)22(20,21)19(4)5;/h6-9,12H,10-11H2,1-5H3,(H2,16,17,18);1H. The van der Waals surface area contributed by atoms with Gasteiger partial charge in [-0.05, 0) is 23.6 Å². The molecular formula is C15H27IN4O2S. The third-order valence-electron chi connectivity index (χ3n) is 3.06. The Morgan fingerprint density at radius 3 is 2.17 bits per heavy atom. The number of benzene rings is 1. The first-order valence-corrected chi connectivity index (χ1v) is 8.67. The van der Waals surface area contributed by atoms with Gasteiger partial charge in [0.1, 0.15) is 0 Å². The minimum Gasteiger partial charge on any atom is -0.356 e. The highest BCUT2D eigenvalue weighted by atomic mass is 127. The monoisotopic (exact) mass is 454 g/mol. The number of guanidine groups is 1. The van der Waals surface area contributed by atoms with E-state index in [0.29, 0.717) is 17.4 Å². The Kier molecular flexibility index (Phi) is 9.71. The van der Waals surface area contributed by atoms with Gasteiger partial charge in [0.15, 0.2) is 5.96 Å². The third-order valence-corrected chi connectivity index (χ3v) is 4.89. The molecule has 0 spiro atoms. The molecule has 0 aliphatic rings. The fourth-order valence-electron chi connectivity index (χ4n) is 1.70. The lowest BCUT2D eigenvalue weighted by Gasteiger charge is -2.14. The highest BCUT2D eigenvalue weighted by Crippen LogP contribution is 2.13. The quantitative estimate of drug-likeness (QED) is 0.391. The molecule has 0 fully saturated rings. The first kappa shape index (κ1) is 22.1. The van der Waals surface area contributed by atoms with E-state index in [4.69, 9.17) is 0 Å².